The minimum Gasteiger partial charge on any atom is -0.354 e. The Bertz CT molecular complexity index is 1020. The summed E-state index contributed by atoms with van der Waals surface area (Å²) in [5.74, 6) is 0.820. The molecule has 1 atom stereocenters. The fourth-order valence-electron chi connectivity index (χ4n) is 3.42. The van der Waals surface area contributed by atoms with Crippen LogP contribution in [0, 0.1) is 0 Å². The second-order valence-electron chi connectivity index (χ2n) is 6.33. The summed E-state index contributed by atoms with van der Waals surface area (Å²) in [4.78, 5) is 14.7. The van der Waals surface area contributed by atoms with Crippen molar-refractivity contribution < 1.29 is 8.42 Å². The molecule has 2 aromatic heterocycles. The number of hydrogen-bond donors (Lipinski definition) is 0. The molecule has 8 heteroatoms. The lowest BCUT2D eigenvalue weighted by Gasteiger charge is -2.39. The quantitative estimate of drug-likeness (QED) is 0.702. The summed E-state index contributed by atoms with van der Waals surface area (Å²) in [5, 5.41) is 1.52. The molecular formula is C18H19N5O2S. The number of aromatic nitrogens is 3. The van der Waals surface area contributed by atoms with Crippen LogP contribution in [0.25, 0.3) is 10.8 Å². The minimum atomic E-state index is -3.60. The third kappa shape index (κ3) is 2.91. The molecule has 1 aliphatic heterocycles. The number of pyridine rings is 1. The van der Waals surface area contributed by atoms with Gasteiger partial charge in [-0.25, -0.2) is 18.4 Å². The van der Waals surface area contributed by atoms with E-state index in [9.17, 15) is 8.42 Å². The Morgan fingerprint density at radius 2 is 1.92 bits per heavy atom. The summed E-state index contributed by atoms with van der Waals surface area (Å²) in [7, 11) is -3.60. The number of fused-ring (bicyclic) bond motifs is 1. The van der Waals surface area contributed by atoms with Gasteiger partial charge in [0.05, 0.1) is 4.90 Å². The van der Waals surface area contributed by atoms with E-state index in [1.807, 2.05) is 19.1 Å². The Morgan fingerprint density at radius 1 is 1.08 bits per heavy atom. The van der Waals surface area contributed by atoms with Gasteiger partial charge < -0.3 is 4.90 Å². The van der Waals surface area contributed by atoms with Crippen molar-refractivity contribution in [2.45, 2.75) is 17.9 Å². The Balaban J connectivity index is 1.65. The maximum atomic E-state index is 13.3. The van der Waals surface area contributed by atoms with Gasteiger partial charge in [-0.2, -0.15) is 4.31 Å². The molecule has 1 fully saturated rings. The van der Waals surface area contributed by atoms with E-state index in [4.69, 9.17) is 0 Å². The molecule has 4 rings (SSSR count). The topological polar surface area (TPSA) is 79.3 Å². The van der Waals surface area contributed by atoms with Gasteiger partial charge in [-0.15, -0.1) is 0 Å². The van der Waals surface area contributed by atoms with E-state index < -0.39 is 10.0 Å². The smallest absolute Gasteiger partial charge is 0.244 e. The largest absolute Gasteiger partial charge is 0.354 e. The van der Waals surface area contributed by atoms with Crippen LogP contribution in [0.2, 0.25) is 0 Å². The van der Waals surface area contributed by atoms with E-state index in [1.165, 1.54) is 6.33 Å². The summed E-state index contributed by atoms with van der Waals surface area (Å²) >= 11 is 0. The highest BCUT2D eigenvalue weighted by molar-refractivity contribution is 7.89. The van der Waals surface area contributed by atoms with Gasteiger partial charge in [-0.1, -0.05) is 12.1 Å². The normalized spacial score (nSPS) is 19.0. The van der Waals surface area contributed by atoms with Gasteiger partial charge in [-0.05, 0) is 25.1 Å². The third-order valence-electron chi connectivity index (χ3n) is 4.68. The van der Waals surface area contributed by atoms with E-state index in [1.54, 1.807) is 41.1 Å². The fraction of sp³-hybridized carbons (Fsp3) is 0.278. The Hall–Kier alpha value is -2.58. The van der Waals surface area contributed by atoms with Crippen molar-refractivity contribution in [3.63, 3.8) is 0 Å². The summed E-state index contributed by atoms with van der Waals surface area (Å²) in [6.07, 6.45) is 6.51. The maximum Gasteiger partial charge on any atom is 0.244 e. The third-order valence-corrected chi connectivity index (χ3v) is 6.76. The molecule has 0 spiro atoms. The van der Waals surface area contributed by atoms with Gasteiger partial charge in [0.25, 0.3) is 0 Å². The van der Waals surface area contributed by atoms with Gasteiger partial charge in [0, 0.05) is 55.0 Å². The molecule has 1 aliphatic rings. The molecule has 3 aromatic rings. The number of benzene rings is 1. The highest BCUT2D eigenvalue weighted by Gasteiger charge is 2.34. The predicted octanol–water partition coefficient (Wildman–Crippen LogP) is 1.92. The Labute approximate surface area is 152 Å². The molecular weight excluding hydrogens is 350 g/mol. The van der Waals surface area contributed by atoms with Crippen molar-refractivity contribution in [2.75, 3.05) is 24.5 Å². The molecule has 0 aliphatic carbocycles. The van der Waals surface area contributed by atoms with Crippen molar-refractivity contribution in [1.82, 2.24) is 19.3 Å². The van der Waals surface area contributed by atoms with Gasteiger partial charge in [0.1, 0.15) is 12.1 Å². The Kier molecular flexibility index (Phi) is 4.29. The van der Waals surface area contributed by atoms with Gasteiger partial charge in [-0.3, -0.25) is 4.98 Å². The molecule has 0 amide bonds. The molecule has 1 saturated heterocycles. The van der Waals surface area contributed by atoms with E-state index in [2.05, 4.69) is 19.9 Å². The lowest BCUT2D eigenvalue weighted by Crippen LogP contribution is -2.54. The molecule has 26 heavy (non-hydrogen) atoms. The van der Waals surface area contributed by atoms with E-state index in [0.29, 0.717) is 29.9 Å². The summed E-state index contributed by atoms with van der Waals surface area (Å²) in [6, 6.07) is 8.73. The molecule has 0 N–H and O–H groups in total. The lowest BCUT2D eigenvalue weighted by molar-refractivity contribution is 0.306. The number of nitrogens with zero attached hydrogens (tertiary/aromatic N) is 5. The monoisotopic (exact) mass is 369 g/mol. The van der Waals surface area contributed by atoms with Crippen LogP contribution >= 0.6 is 0 Å². The van der Waals surface area contributed by atoms with Crippen molar-refractivity contribution in [3.8, 4) is 0 Å². The predicted molar refractivity (Wildman–Crippen MR) is 99.3 cm³/mol. The van der Waals surface area contributed by atoms with Crippen molar-refractivity contribution in [2.24, 2.45) is 0 Å². The zero-order chi connectivity index (χ0) is 18.1. The van der Waals surface area contributed by atoms with Crippen LogP contribution in [0.4, 0.5) is 5.82 Å². The number of piperazine rings is 1. The van der Waals surface area contributed by atoms with Crippen LogP contribution in [-0.2, 0) is 10.0 Å². The van der Waals surface area contributed by atoms with Gasteiger partial charge in [0.15, 0.2) is 0 Å². The van der Waals surface area contributed by atoms with Crippen LogP contribution in [0.3, 0.4) is 0 Å². The Morgan fingerprint density at radius 3 is 2.69 bits per heavy atom. The first-order valence-electron chi connectivity index (χ1n) is 8.43. The van der Waals surface area contributed by atoms with Crippen LogP contribution < -0.4 is 4.90 Å². The molecule has 134 valence electrons. The maximum absolute atomic E-state index is 13.3. The van der Waals surface area contributed by atoms with Crippen LogP contribution in [0.1, 0.15) is 6.92 Å². The standard InChI is InChI=1S/C18H19N5O2S/c1-14-12-22(18-6-8-20-13-21-18)9-10-23(14)26(24,25)17-4-2-3-15-11-19-7-5-16(15)17/h2-8,11,13-14H,9-10,12H2,1H3/t14-/m1/s1. The first kappa shape index (κ1) is 16.9. The molecule has 7 nitrogen and oxygen atoms in total. The molecule has 0 radical (unpaired) electrons. The molecule has 1 aromatic carbocycles. The fourth-order valence-corrected chi connectivity index (χ4v) is 5.25. The van der Waals surface area contributed by atoms with Gasteiger partial charge >= 0.3 is 0 Å². The summed E-state index contributed by atoms with van der Waals surface area (Å²) in [5.41, 5.74) is 0. The zero-order valence-corrected chi connectivity index (χ0v) is 15.2. The van der Waals surface area contributed by atoms with E-state index in [-0.39, 0.29) is 6.04 Å². The number of anilines is 1. The van der Waals surface area contributed by atoms with Crippen LogP contribution in [0.5, 0.6) is 0 Å². The number of sulfonamides is 1. The minimum absolute atomic E-state index is 0.166. The lowest BCUT2D eigenvalue weighted by atomic mass is 10.2. The summed E-state index contributed by atoms with van der Waals surface area (Å²) in [6.45, 7) is 3.52. The first-order chi connectivity index (χ1) is 12.6. The van der Waals surface area contributed by atoms with Crippen molar-refractivity contribution in [3.05, 3.63) is 55.2 Å². The average Bonchev–Trinajstić information content (AvgIpc) is 2.68. The average molecular weight is 369 g/mol. The SMILES string of the molecule is C[C@@H]1CN(c2ccncn2)CCN1S(=O)(=O)c1cccc2cnccc12. The number of rotatable bonds is 3. The first-order valence-corrected chi connectivity index (χ1v) is 9.87. The van der Waals surface area contributed by atoms with Crippen LogP contribution in [-0.4, -0.2) is 53.4 Å². The second kappa shape index (κ2) is 6.62. The number of hydrogen-bond acceptors (Lipinski definition) is 6. The van der Waals surface area contributed by atoms with Crippen molar-refractivity contribution in [1.29, 1.82) is 0 Å². The molecule has 0 bridgehead atoms. The van der Waals surface area contributed by atoms with Crippen molar-refractivity contribution >= 4 is 26.6 Å². The highest BCUT2D eigenvalue weighted by Crippen LogP contribution is 2.28. The van der Waals surface area contributed by atoms with E-state index in [0.717, 1.165) is 11.2 Å². The second-order valence-corrected chi connectivity index (χ2v) is 8.19. The summed E-state index contributed by atoms with van der Waals surface area (Å²) < 4.78 is 28.2. The van der Waals surface area contributed by atoms with E-state index >= 15 is 0 Å². The molecule has 0 saturated carbocycles. The molecule has 0 unspecified atom stereocenters. The van der Waals surface area contributed by atoms with Gasteiger partial charge in [0.2, 0.25) is 10.0 Å². The highest BCUT2D eigenvalue weighted by atomic mass is 32.2. The molecule has 3 heterocycles. The van der Waals surface area contributed by atoms with Crippen LogP contribution in [0.15, 0.2) is 60.1 Å². The zero-order valence-electron chi connectivity index (χ0n) is 14.4.